The van der Waals surface area contributed by atoms with Gasteiger partial charge in [-0.2, -0.15) is 0 Å². The van der Waals surface area contributed by atoms with Crippen LogP contribution in [0.2, 0.25) is 0 Å². The molecule has 1 aliphatic rings. The van der Waals surface area contributed by atoms with E-state index in [1.807, 2.05) is 37.3 Å². The molecule has 2 nitrogen and oxygen atoms in total. The number of rotatable bonds is 6. The number of carboxylic acid groups (broad SMARTS) is 1. The highest BCUT2D eigenvalue weighted by Crippen LogP contribution is 2.40. The van der Waals surface area contributed by atoms with Gasteiger partial charge in [-0.25, -0.2) is 0 Å². The van der Waals surface area contributed by atoms with Gasteiger partial charge in [-0.05, 0) is 30.7 Å². The molecule has 0 aliphatic heterocycles. The maximum atomic E-state index is 11.7. The van der Waals surface area contributed by atoms with Gasteiger partial charge in [-0.1, -0.05) is 50.1 Å². The highest BCUT2D eigenvalue weighted by atomic mass is 16.4. The molecule has 0 spiro atoms. The molecule has 1 saturated carbocycles. The lowest BCUT2D eigenvalue weighted by Gasteiger charge is -2.28. The standard InChI is InChI=1S/C15H20O2/c1-2-15(14(16)17,11-10-12-8-9-12)13-6-4-3-5-7-13/h3-7,12H,2,8-11H2,1H3,(H,16,17). The van der Waals surface area contributed by atoms with Crippen molar-refractivity contribution in [3.05, 3.63) is 35.9 Å². The van der Waals surface area contributed by atoms with Crippen molar-refractivity contribution >= 4 is 5.97 Å². The first-order chi connectivity index (χ1) is 8.19. The molecule has 1 aromatic rings. The third kappa shape index (κ3) is 2.51. The SMILES string of the molecule is CCC(CCC1CC1)(C(=O)O)c1ccccc1. The molecule has 1 fully saturated rings. The van der Waals surface area contributed by atoms with Gasteiger partial charge in [-0.15, -0.1) is 0 Å². The Morgan fingerprint density at radius 1 is 1.35 bits per heavy atom. The first-order valence-electron chi connectivity index (χ1n) is 6.48. The molecule has 1 unspecified atom stereocenters. The van der Waals surface area contributed by atoms with Gasteiger partial charge in [0.05, 0.1) is 5.41 Å². The van der Waals surface area contributed by atoms with E-state index in [-0.39, 0.29) is 0 Å². The molecule has 1 aromatic carbocycles. The van der Waals surface area contributed by atoms with Crippen LogP contribution in [0.4, 0.5) is 0 Å². The van der Waals surface area contributed by atoms with Gasteiger partial charge < -0.3 is 5.11 Å². The van der Waals surface area contributed by atoms with Crippen LogP contribution >= 0.6 is 0 Å². The van der Waals surface area contributed by atoms with Crippen LogP contribution in [0, 0.1) is 5.92 Å². The molecule has 17 heavy (non-hydrogen) atoms. The Balaban J connectivity index is 2.23. The molecule has 1 N–H and O–H groups in total. The zero-order chi connectivity index (χ0) is 12.3. The Labute approximate surface area is 103 Å². The van der Waals surface area contributed by atoms with Crippen molar-refractivity contribution < 1.29 is 9.90 Å². The minimum atomic E-state index is -0.677. The van der Waals surface area contributed by atoms with Gasteiger partial charge in [-0.3, -0.25) is 4.79 Å². The number of carboxylic acids is 1. The molecule has 2 rings (SSSR count). The molecule has 0 bridgehead atoms. The lowest BCUT2D eigenvalue weighted by molar-refractivity contribution is -0.144. The van der Waals surface area contributed by atoms with Gasteiger partial charge in [0.15, 0.2) is 0 Å². The zero-order valence-electron chi connectivity index (χ0n) is 10.4. The van der Waals surface area contributed by atoms with Gasteiger partial charge in [0.25, 0.3) is 0 Å². The van der Waals surface area contributed by atoms with Crippen molar-refractivity contribution in [2.45, 2.75) is 44.4 Å². The third-order valence-electron chi connectivity index (χ3n) is 4.02. The van der Waals surface area contributed by atoms with Crippen molar-refractivity contribution in [3.8, 4) is 0 Å². The summed E-state index contributed by atoms with van der Waals surface area (Å²) in [5, 5.41) is 9.61. The van der Waals surface area contributed by atoms with E-state index in [1.54, 1.807) is 0 Å². The van der Waals surface area contributed by atoms with Crippen molar-refractivity contribution in [1.82, 2.24) is 0 Å². The van der Waals surface area contributed by atoms with E-state index in [4.69, 9.17) is 0 Å². The number of hydrogen-bond acceptors (Lipinski definition) is 1. The predicted octanol–water partition coefficient (Wildman–Crippen LogP) is 3.61. The normalized spacial score (nSPS) is 18.6. The minimum absolute atomic E-state index is 0.666. The van der Waals surface area contributed by atoms with Gasteiger partial charge in [0, 0.05) is 0 Å². The second-order valence-corrected chi connectivity index (χ2v) is 5.09. The predicted molar refractivity (Wildman–Crippen MR) is 68.0 cm³/mol. The summed E-state index contributed by atoms with van der Waals surface area (Å²) in [6.07, 6.45) is 5.06. The highest BCUT2D eigenvalue weighted by Gasteiger charge is 2.39. The van der Waals surface area contributed by atoms with E-state index in [0.717, 1.165) is 24.3 Å². The van der Waals surface area contributed by atoms with Gasteiger partial charge in [0.1, 0.15) is 0 Å². The summed E-state index contributed by atoms with van der Waals surface area (Å²) in [7, 11) is 0. The summed E-state index contributed by atoms with van der Waals surface area (Å²) in [6, 6.07) is 9.70. The summed E-state index contributed by atoms with van der Waals surface area (Å²) in [4.78, 5) is 11.7. The van der Waals surface area contributed by atoms with Crippen LogP contribution in [-0.2, 0) is 10.2 Å². The minimum Gasteiger partial charge on any atom is -0.481 e. The van der Waals surface area contributed by atoms with Crippen molar-refractivity contribution in [3.63, 3.8) is 0 Å². The van der Waals surface area contributed by atoms with Crippen LogP contribution in [-0.4, -0.2) is 11.1 Å². The van der Waals surface area contributed by atoms with E-state index in [0.29, 0.717) is 6.42 Å². The molecule has 1 atom stereocenters. The second kappa shape index (κ2) is 4.91. The van der Waals surface area contributed by atoms with Crippen LogP contribution in [0.15, 0.2) is 30.3 Å². The Kier molecular flexibility index (Phi) is 3.51. The van der Waals surface area contributed by atoms with Gasteiger partial charge in [0.2, 0.25) is 0 Å². The maximum absolute atomic E-state index is 11.7. The first-order valence-corrected chi connectivity index (χ1v) is 6.48. The molecule has 0 aromatic heterocycles. The number of aliphatic carboxylic acids is 1. The lowest BCUT2D eigenvalue weighted by Crippen LogP contribution is -2.35. The fraction of sp³-hybridized carbons (Fsp3) is 0.533. The largest absolute Gasteiger partial charge is 0.481 e. The number of hydrogen-bond donors (Lipinski definition) is 1. The monoisotopic (exact) mass is 232 g/mol. The summed E-state index contributed by atoms with van der Waals surface area (Å²) in [6.45, 7) is 1.98. The quantitative estimate of drug-likeness (QED) is 0.813. The molecular formula is C15H20O2. The Morgan fingerprint density at radius 2 is 2.00 bits per heavy atom. The highest BCUT2D eigenvalue weighted by molar-refractivity contribution is 5.81. The maximum Gasteiger partial charge on any atom is 0.314 e. The molecule has 1 aliphatic carbocycles. The molecule has 0 saturated heterocycles. The van der Waals surface area contributed by atoms with E-state index >= 15 is 0 Å². The van der Waals surface area contributed by atoms with E-state index in [9.17, 15) is 9.90 Å². The summed E-state index contributed by atoms with van der Waals surface area (Å²) in [5.74, 6) is 0.107. The van der Waals surface area contributed by atoms with Crippen LogP contribution in [0.5, 0.6) is 0 Å². The van der Waals surface area contributed by atoms with Gasteiger partial charge >= 0.3 is 5.97 Å². The average Bonchev–Trinajstić information content (AvgIpc) is 3.15. The van der Waals surface area contributed by atoms with Crippen molar-refractivity contribution in [1.29, 1.82) is 0 Å². The van der Waals surface area contributed by atoms with Crippen molar-refractivity contribution in [2.75, 3.05) is 0 Å². The Bertz CT molecular complexity index is 381. The van der Waals surface area contributed by atoms with Crippen LogP contribution in [0.3, 0.4) is 0 Å². The zero-order valence-corrected chi connectivity index (χ0v) is 10.4. The first kappa shape index (κ1) is 12.2. The molecule has 0 radical (unpaired) electrons. The van der Waals surface area contributed by atoms with Crippen LogP contribution < -0.4 is 0 Å². The second-order valence-electron chi connectivity index (χ2n) is 5.09. The fourth-order valence-corrected chi connectivity index (χ4v) is 2.52. The summed E-state index contributed by atoms with van der Waals surface area (Å²) >= 11 is 0. The fourth-order valence-electron chi connectivity index (χ4n) is 2.52. The molecule has 0 heterocycles. The topological polar surface area (TPSA) is 37.3 Å². The Morgan fingerprint density at radius 3 is 2.47 bits per heavy atom. The summed E-state index contributed by atoms with van der Waals surface area (Å²) < 4.78 is 0. The van der Waals surface area contributed by atoms with E-state index in [1.165, 1.54) is 12.8 Å². The van der Waals surface area contributed by atoms with Crippen molar-refractivity contribution in [2.24, 2.45) is 5.92 Å². The Hall–Kier alpha value is -1.31. The van der Waals surface area contributed by atoms with Crippen LogP contribution in [0.25, 0.3) is 0 Å². The van der Waals surface area contributed by atoms with E-state index < -0.39 is 11.4 Å². The molecular weight excluding hydrogens is 212 g/mol. The molecule has 92 valence electrons. The third-order valence-corrected chi connectivity index (χ3v) is 4.02. The summed E-state index contributed by atoms with van der Waals surface area (Å²) in [5.41, 5.74) is 0.278. The number of benzene rings is 1. The smallest absolute Gasteiger partial charge is 0.314 e. The molecule has 0 amide bonds. The average molecular weight is 232 g/mol. The van der Waals surface area contributed by atoms with E-state index in [2.05, 4.69) is 0 Å². The molecule has 2 heteroatoms. The van der Waals surface area contributed by atoms with Crippen LogP contribution in [0.1, 0.15) is 44.6 Å². The number of carbonyl (C=O) groups is 1. The lowest BCUT2D eigenvalue weighted by atomic mass is 9.74.